The van der Waals surface area contributed by atoms with Crippen LogP contribution in [0.3, 0.4) is 0 Å². The number of nitrogens with two attached hydrogens (primary N) is 1. The Hall–Kier alpha value is -2.62. The van der Waals surface area contributed by atoms with E-state index in [1.54, 1.807) is 0 Å². The lowest BCUT2D eigenvalue weighted by molar-refractivity contribution is 0.0745. The third kappa shape index (κ3) is 2.28. The highest BCUT2D eigenvalue weighted by Gasteiger charge is 2.23. The second-order valence-electron chi connectivity index (χ2n) is 4.69. The van der Waals surface area contributed by atoms with Crippen molar-refractivity contribution in [2.24, 2.45) is 10.8 Å². The molecule has 1 amide bonds. The van der Waals surface area contributed by atoms with Gasteiger partial charge in [-0.2, -0.15) is 5.10 Å². The van der Waals surface area contributed by atoms with Gasteiger partial charge in [0.05, 0.1) is 0 Å². The van der Waals surface area contributed by atoms with Crippen LogP contribution < -0.4 is 5.73 Å². The van der Waals surface area contributed by atoms with Crippen LogP contribution in [0.25, 0.3) is 0 Å². The first-order valence-electron chi connectivity index (χ1n) is 6.55. The minimum absolute atomic E-state index is 0.0919. The van der Waals surface area contributed by atoms with E-state index in [4.69, 9.17) is 5.73 Å². The molecule has 1 aliphatic rings. The summed E-state index contributed by atoms with van der Waals surface area (Å²) in [5, 5.41) is 5.71. The van der Waals surface area contributed by atoms with Crippen molar-refractivity contribution in [1.82, 2.24) is 5.01 Å². The van der Waals surface area contributed by atoms with Gasteiger partial charge < -0.3 is 5.73 Å². The molecule has 0 radical (unpaired) electrons. The molecule has 1 aliphatic heterocycles. The van der Waals surface area contributed by atoms with Crippen molar-refractivity contribution in [1.29, 1.82) is 0 Å². The van der Waals surface area contributed by atoms with E-state index >= 15 is 0 Å². The van der Waals surface area contributed by atoms with Crippen LogP contribution in [-0.2, 0) is 6.42 Å². The molecule has 0 bridgehead atoms. The molecule has 0 saturated carbocycles. The summed E-state index contributed by atoms with van der Waals surface area (Å²) in [7, 11) is 0. The summed E-state index contributed by atoms with van der Waals surface area (Å²) >= 11 is 0. The number of rotatable bonds is 2. The van der Waals surface area contributed by atoms with E-state index in [0.29, 0.717) is 17.9 Å². The number of hydrogen-bond acceptors (Lipinski definition) is 2. The Morgan fingerprint density at radius 2 is 1.75 bits per heavy atom. The third-order valence-corrected chi connectivity index (χ3v) is 3.37. The van der Waals surface area contributed by atoms with Crippen LogP contribution in [0.1, 0.15) is 21.5 Å². The summed E-state index contributed by atoms with van der Waals surface area (Å²) in [6, 6.07) is 17.1. The quantitative estimate of drug-likeness (QED) is 0.667. The highest BCUT2D eigenvalue weighted by molar-refractivity contribution is 6.00. The zero-order chi connectivity index (χ0) is 13.9. The molecule has 3 rings (SSSR count). The largest absolute Gasteiger partial charge is 0.382 e. The summed E-state index contributed by atoms with van der Waals surface area (Å²) < 4.78 is 0. The Bertz CT molecular complexity index is 664. The Labute approximate surface area is 117 Å². The molecule has 4 heteroatoms. The van der Waals surface area contributed by atoms with Gasteiger partial charge in [0.2, 0.25) is 0 Å². The number of hydrazone groups is 1. The minimum Gasteiger partial charge on any atom is -0.382 e. The molecular formula is C16H15N3O. The standard InChI is InChI=1S/C16H15N3O/c17-15(13-7-2-1-3-8-13)18-19-11-10-12-6-4-5-9-14(12)16(19)20/h1-9H,10-11H2,(H2,17,18). The fourth-order valence-corrected chi connectivity index (χ4v) is 2.31. The van der Waals surface area contributed by atoms with E-state index in [0.717, 1.165) is 17.5 Å². The highest BCUT2D eigenvalue weighted by atomic mass is 16.2. The average molecular weight is 265 g/mol. The number of amides is 1. The maximum absolute atomic E-state index is 12.3. The van der Waals surface area contributed by atoms with Crippen molar-refractivity contribution >= 4 is 11.7 Å². The molecule has 2 aromatic rings. The summed E-state index contributed by atoms with van der Waals surface area (Å²) in [5.74, 6) is 0.268. The fraction of sp³-hybridized carbons (Fsp3) is 0.125. The van der Waals surface area contributed by atoms with Gasteiger partial charge in [0, 0.05) is 17.7 Å². The molecular weight excluding hydrogens is 250 g/mol. The van der Waals surface area contributed by atoms with E-state index in [-0.39, 0.29) is 5.91 Å². The van der Waals surface area contributed by atoms with E-state index < -0.39 is 0 Å². The van der Waals surface area contributed by atoms with Crippen molar-refractivity contribution in [3.05, 3.63) is 71.3 Å². The molecule has 4 nitrogen and oxygen atoms in total. The Kier molecular flexibility index (Phi) is 3.21. The molecule has 0 fully saturated rings. The number of hydrogen-bond donors (Lipinski definition) is 1. The number of benzene rings is 2. The summed E-state index contributed by atoms with van der Waals surface area (Å²) in [5.41, 5.74) is 8.57. The molecule has 0 spiro atoms. The lowest BCUT2D eigenvalue weighted by Crippen LogP contribution is -2.35. The molecule has 0 atom stereocenters. The normalized spacial score (nSPS) is 15.1. The number of nitrogens with zero attached hydrogens (tertiary/aromatic N) is 2. The van der Waals surface area contributed by atoms with Gasteiger partial charge in [0.25, 0.3) is 5.91 Å². The van der Waals surface area contributed by atoms with E-state index in [1.807, 2.05) is 54.6 Å². The third-order valence-electron chi connectivity index (χ3n) is 3.37. The van der Waals surface area contributed by atoms with Crippen molar-refractivity contribution in [3.63, 3.8) is 0 Å². The maximum Gasteiger partial charge on any atom is 0.274 e. The van der Waals surface area contributed by atoms with E-state index in [2.05, 4.69) is 5.10 Å². The number of amidine groups is 1. The topological polar surface area (TPSA) is 58.7 Å². The first-order valence-corrected chi connectivity index (χ1v) is 6.55. The Balaban J connectivity index is 1.88. The molecule has 100 valence electrons. The predicted octanol–water partition coefficient (Wildman–Crippen LogP) is 2.01. The molecule has 0 aromatic heterocycles. The number of carbonyl (C=O) groups is 1. The fourth-order valence-electron chi connectivity index (χ4n) is 2.31. The van der Waals surface area contributed by atoms with Gasteiger partial charge in [-0.25, -0.2) is 5.01 Å². The number of carbonyl (C=O) groups excluding carboxylic acids is 1. The van der Waals surface area contributed by atoms with Gasteiger partial charge in [-0.3, -0.25) is 4.79 Å². The first-order chi connectivity index (χ1) is 9.75. The van der Waals surface area contributed by atoms with Crippen LogP contribution >= 0.6 is 0 Å². The van der Waals surface area contributed by atoms with Gasteiger partial charge in [0.15, 0.2) is 5.84 Å². The lowest BCUT2D eigenvalue weighted by atomic mass is 10.0. The van der Waals surface area contributed by atoms with Crippen LogP contribution in [-0.4, -0.2) is 23.3 Å². The van der Waals surface area contributed by atoms with Gasteiger partial charge in [-0.1, -0.05) is 48.5 Å². The van der Waals surface area contributed by atoms with Crippen LogP contribution in [0.15, 0.2) is 59.7 Å². The maximum atomic E-state index is 12.3. The summed E-state index contributed by atoms with van der Waals surface area (Å²) in [6.07, 6.45) is 0.799. The zero-order valence-corrected chi connectivity index (χ0v) is 11.0. The molecule has 0 unspecified atom stereocenters. The lowest BCUT2D eigenvalue weighted by Gasteiger charge is -2.24. The van der Waals surface area contributed by atoms with Crippen LogP contribution in [0.5, 0.6) is 0 Å². The summed E-state index contributed by atoms with van der Waals surface area (Å²) in [4.78, 5) is 12.3. The molecule has 20 heavy (non-hydrogen) atoms. The van der Waals surface area contributed by atoms with Crippen LogP contribution in [0.2, 0.25) is 0 Å². The monoisotopic (exact) mass is 265 g/mol. The molecule has 2 aromatic carbocycles. The van der Waals surface area contributed by atoms with Crippen LogP contribution in [0.4, 0.5) is 0 Å². The molecule has 0 aliphatic carbocycles. The van der Waals surface area contributed by atoms with Crippen molar-refractivity contribution in [2.75, 3.05) is 6.54 Å². The van der Waals surface area contributed by atoms with E-state index in [9.17, 15) is 4.79 Å². The zero-order valence-electron chi connectivity index (χ0n) is 11.0. The Morgan fingerprint density at radius 3 is 2.55 bits per heavy atom. The van der Waals surface area contributed by atoms with Gasteiger partial charge >= 0.3 is 0 Å². The minimum atomic E-state index is -0.0919. The Morgan fingerprint density at radius 1 is 1.05 bits per heavy atom. The van der Waals surface area contributed by atoms with Crippen molar-refractivity contribution < 1.29 is 4.79 Å². The van der Waals surface area contributed by atoms with Gasteiger partial charge in [-0.05, 0) is 18.1 Å². The second kappa shape index (κ2) is 5.17. The highest BCUT2D eigenvalue weighted by Crippen LogP contribution is 2.18. The van der Waals surface area contributed by atoms with Crippen LogP contribution in [0, 0.1) is 0 Å². The number of fused-ring (bicyclic) bond motifs is 1. The smallest absolute Gasteiger partial charge is 0.274 e. The average Bonchev–Trinajstić information content (AvgIpc) is 2.51. The SMILES string of the molecule is NC(=NN1CCc2ccccc2C1=O)c1ccccc1. The van der Waals surface area contributed by atoms with E-state index in [1.165, 1.54) is 5.01 Å². The first kappa shape index (κ1) is 12.4. The molecule has 1 heterocycles. The molecule has 2 N–H and O–H groups in total. The summed E-state index contributed by atoms with van der Waals surface area (Å²) in [6.45, 7) is 0.559. The van der Waals surface area contributed by atoms with Gasteiger partial charge in [0.1, 0.15) is 0 Å². The van der Waals surface area contributed by atoms with Crippen molar-refractivity contribution in [2.45, 2.75) is 6.42 Å². The van der Waals surface area contributed by atoms with Crippen molar-refractivity contribution in [3.8, 4) is 0 Å². The second-order valence-corrected chi connectivity index (χ2v) is 4.69. The van der Waals surface area contributed by atoms with Gasteiger partial charge in [-0.15, -0.1) is 0 Å². The molecule has 0 saturated heterocycles. The predicted molar refractivity (Wildman–Crippen MR) is 78.3 cm³/mol.